The number of fused-ring (bicyclic) bond motifs is 5. The summed E-state index contributed by atoms with van der Waals surface area (Å²) in [6, 6.07) is 38.0. The van der Waals surface area contributed by atoms with Gasteiger partial charge in [0, 0.05) is 44.1 Å². The van der Waals surface area contributed by atoms with Crippen LogP contribution in [0.4, 0.5) is 4.79 Å². The average molecular weight is 1210 g/mol. The van der Waals surface area contributed by atoms with Crippen LogP contribution in [0.3, 0.4) is 0 Å². The lowest BCUT2D eigenvalue weighted by atomic mass is 9.44. The number of carbonyl (C=O) groups excluding carboxylic acids is 9. The molecule has 3 fully saturated rings. The number of amides is 2. The summed E-state index contributed by atoms with van der Waals surface area (Å²) < 4.78 is 48.2. The second-order valence-corrected chi connectivity index (χ2v) is 23.2. The van der Waals surface area contributed by atoms with Crippen LogP contribution in [0.2, 0.25) is 0 Å². The third-order valence-electron chi connectivity index (χ3n) is 17.4. The molecule has 1 heterocycles. The lowest BCUT2D eigenvalue weighted by molar-refractivity contribution is -0.346. The van der Waals surface area contributed by atoms with E-state index >= 15 is 9.59 Å². The molecule has 9 rings (SSSR count). The predicted octanol–water partition coefficient (Wildman–Crippen LogP) is 7.11. The van der Waals surface area contributed by atoms with E-state index in [1.807, 2.05) is 0 Å². The molecule has 21 heteroatoms. The summed E-state index contributed by atoms with van der Waals surface area (Å²) in [5.74, 6) is -9.56. The number of carbonyl (C=O) groups is 9. The molecule has 1 saturated heterocycles. The first-order valence-corrected chi connectivity index (χ1v) is 28.9. The van der Waals surface area contributed by atoms with Crippen LogP contribution in [0.5, 0.6) is 0 Å². The van der Waals surface area contributed by atoms with Crippen molar-refractivity contribution < 1.29 is 91.3 Å². The first-order chi connectivity index (χ1) is 42.0. The van der Waals surface area contributed by atoms with Crippen molar-refractivity contribution in [3.05, 3.63) is 191 Å². The Bertz CT molecular complexity index is 3440. The number of hydrogen-bond acceptors (Lipinski definition) is 19. The number of aliphatic hydroxyl groups excluding tert-OH is 1. The van der Waals surface area contributed by atoms with Crippen molar-refractivity contribution in [1.82, 2.24) is 10.6 Å². The van der Waals surface area contributed by atoms with Gasteiger partial charge >= 0.3 is 41.9 Å². The van der Waals surface area contributed by atoms with Gasteiger partial charge in [-0.1, -0.05) is 141 Å². The van der Waals surface area contributed by atoms with E-state index in [0.717, 1.165) is 13.8 Å². The molecule has 4 N–H and O–H groups in total. The fourth-order valence-corrected chi connectivity index (χ4v) is 12.7. The van der Waals surface area contributed by atoms with Crippen LogP contribution >= 0.6 is 0 Å². The molecule has 0 radical (unpaired) electrons. The Kier molecular flexibility index (Phi) is 19.1. The molecule has 2 saturated carbocycles. The number of ketones is 1. The van der Waals surface area contributed by atoms with Crippen molar-refractivity contribution in [3.8, 4) is 0 Å². The molecule has 21 nitrogen and oxygen atoms in total. The highest BCUT2D eigenvalue weighted by atomic mass is 16.6. The van der Waals surface area contributed by atoms with Crippen LogP contribution in [-0.4, -0.2) is 124 Å². The largest absolute Gasteiger partial charge is 0.459 e. The average Bonchev–Trinajstić information content (AvgIpc) is 0.687. The molecule has 1 unspecified atom stereocenters. The van der Waals surface area contributed by atoms with Crippen LogP contribution in [-0.2, 0) is 79.9 Å². The van der Waals surface area contributed by atoms with Gasteiger partial charge in [0.05, 0.1) is 29.6 Å². The highest BCUT2D eigenvalue weighted by molar-refractivity contribution is 5.96. The van der Waals surface area contributed by atoms with Gasteiger partial charge in [0.15, 0.2) is 17.5 Å². The maximum absolute atomic E-state index is 15.9. The summed E-state index contributed by atoms with van der Waals surface area (Å²) >= 11 is 0. The Morgan fingerprint density at radius 1 is 0.682 bits per heavy atom. The highest BCUT2D eigenvalue weighted by Crippen LogP contribution is 2.64. The van der Waals surface area contributed by atoms with E-state index in [0.29, 0.717) is 11.1 Å². The molecule has 0 spiro atoms. The van der Waals surface area contributed by atoms with E-state index in [4.69, 9.17) is 37.9 Å². The number of rotatable bonds is 20. The number of alkyl carbamates (subject to hydrolysis) is 1. The third kappa shape index (κ3) is 13.0. The number of Topliss-reactive ketones (excluding diaryl/α,β-unsaturated/α-hetero) is 1. The molecule has 2 amide bonds. The van der Waals surface area contributed by atoms with E-state index in [2.05, 4.69) is 10.6 Å². The molecule has 5 aromatic rings. The molecule has 0 aromatic heterocycles. The molecule has 5 aromatic carbocycles. The van der Waals surface area contributed by atoms with Crippen molar-refractivity contribution in [2.45, 2.75) is 140 Å². The van der Waals surface area contributed by atoms with Crippen molar-refractivity contribution >= 4 is 53.6 Å². The number of nitrogens with one attached hydrogen (secondary N) is 2. The Morgan fingerprint density at radius 3 is 1.80 bits per heavy atom. The number of benzene rings is 5. The lowest BCUT2D eigenvalue weighted by Crippen LogP contribution is -2.82. The SMILES string of the molecule is CC(=O)O[C@H]1C(=O)[C@@]2(C)[C@H]([C@H](OC(=O)c3ccccc3)[C@]3(O)C[C@H](OC(=O)[C@H](OC(=O)CCC(NC(=O)OCc4ccccc4)C(=O)OCc4ccccc4)[C@@H](NC(=O)c4ccccc4)c4ccccc4)C(C)=C1C3(C)C)[C@]1(OC(C)=O)CO[C@@H]1C[C@@H]2O. The van der Waals surface area contributed by atoms with Crippen LogP contribution < -0.4 is 10.6 Å². The van der Waals surface area contributed by atoms with E-state index in [-0.39, 0.29) is 47.5 Å². The van der Waals surface area contributed by atoms with Gasteiger partial charge in [-0.25, -0.2) is 19.2 Å². The molecular weight excluding hydrogens is 1140 g/mol. The predicted molar refractivity (Wildman–Crippen MR) is 311 cm³/mol. The molecule has 2 bridgehead atoms. The summed E-state index contributed by atoms with van der Waals surface area (Å²) in [5, 5.41) is 31.8. The minimum Gasteiger partial charge on any atom is -0.459 e. The number of esters is 6. The van der Waals surface area contributed by atoms with Gasteiger partial charge in [-0.2, -0.15) is 0 Å². The van der Waals surface area contributed by atoms with Crippen molar-refractivity contribution in [3.63, 3.8) is 0 Å². The molecule has 3 aliphatic carbocycles. The zero-order valence-electron chi connectivity index (χ0n) is 49.4. The first kappa shape index (κ1) is 63.5. The summed E-state index contributed by atoms with van der Waals surface area (Å²) in [6.45, 7) is 7.29. The van der Waals surface area contributed by atoms with E-state index in [9.17, 15) is 43.8 Å². The molecule has 12 atom stereocenters. The van der Waals surface area contributed by atoms with Crippen molar-refractivity contribution in [2.75, 3.05) is 6.61 Å². The van der Waals surface area contributed by atoms with Crippen LogP contribution in [0.1, 0.15) is 111 Å². The smallest absolute Gasteiger partial charge is 0.408 e. The standard InChI is InChI=1S/C67H70N2O19/c1-39-48(35-67(80)58(87-60(76)46-30-20-11-21-31-46)56-65(6,49(72)34-50-66(56,38-83-50)88-41(3)71)57(74)54(84-40(2)70)52(39)64(67,4)5)85-62(78)55(53(44-26-16-9-17-27-44)69-59(75)45-28-18-10-19-29-45)86-51(73)33-32-47(61(77)81-36-42-22-12-7-13-23-42)68-63(79)82-37-43-24-14-8-15-25-43/h7-31,47-50,53-56,58,72,80H,32-38H2,1-6H3,(H,68,79)(H,69,75)/t47?,48-,49-,50+,53-,54+,55+,56-,58-,65+,66-,67+/m0/s1. The number of aliphatic hydroxyl groups is 2. The maximum atomic E-state index is 15.9. The summed E-state index contributed by atoms with van der Waals surface area (Å²) in [5.41, 5.74) is -6.82. The van der Waals surface area contributed by atoms with Gasteiger partial charge < -0.3 is 58.7 Å². The van der Waals surface area contributed by atoms with Crippen molar-refractivity contribution in [1.29, 1.82) is 0 Å². The van der Waals surface area contributed by atoms with E-state index in [1.54, 1.807) is 127 Å². The Balaban J connectivity index is 1.12. The molecule has 1 aliphatic heterocycles. The summed E-state index contributed by atoms with van der Waals surface area (Å²) in [6.07, 6.45) is -13.6. The van der Waals surface area contributed by atoms with Crippen molar-refractivity contribution in [2.24, 2.45) is 16.7 Å². The number of hydrogen-bond donors (Lipinski definition) is 4. The van der Waals surface area contributed by atoms with Gasteiger partial charge in [0.2, 0.25) is 6.10 Å². The first-order valence-electron chi connectivity index (χ1n) is 28.9. The Labute approximate surface area is 507 Å². The molecular formula is C67H70N2O19. The monoisotopic (exact) mass is 1210 g/mol. The topological polar surface area (TPSA) is 292 Å². The number of ether oxygens (including phenoxy) is 8. The van der Waals surface area contributed by atoms with Gasteiger partial charge in [-0.15, -0.1) is 0 Å². The normalized spacial score (nSPS) is 25.9. The minimum atomic E-state index is -2.56. The zero-order chi connectivity index (χ0) is 63.1. The fraction of sp³-hybridized carbons (Fsp3) is 0.388. The second-order valence-electron chi connectivity index (χ2n) is 23.2. The molecule has 88 heavy (non-hydrogen) atoms. The third-order valence-corrected chi connectivity index (χ3v) is 17.4. The van der Waals surface area contributed by atoms with Gasteiger partial charge in [0.1, 0.15) is 49.2 Å². The summed E-state index contributed by atoms with van der Waals surface area (Å²) in [4.78, 5) is 129. The Hall–Kier alpha value is -9.05. The van der Waals surface area contributed by atoms with Gasteiger partial charge in [-0.05, 0) is 72.4 Å². The van der Waals surface area contributed by atoms with Crippen LogP contribution in [0.25, 0.3) is 0 Å². The fourth-order valence-electron chi connectivity index (χ4n) is 12.7. The summed E-state index contributed by atoms with van der Waals surface area (Å²) in [7, 11) is 0. The lowest BCUT2D eigenvalue weighted by Gasteiger charge is -2.67. The molecule has 4 aliphatic rings. The zero-order valence-corrected chi connectivity index (χ0v) is 49.4. The van der Waals surface area contributed by atoms with Crippen LogP contribution in [0.15, 0.2) is 163 Å². The van der Waals surface area contributed by atoms with Crippen LogP contribution in [0, 0.1) is 16.7 Å². The van der Waals surface area contributed by atoms with E-state index < -0.39 is 156 Å². The highest BCUT2D eigenvalue weighted by Gasteiger charge is 2.78. The minimum absolute atomic E-state index is 0.00477. The van der Waals surface area contributed by atoms with Gasteiger partial charge in [-0.3, -0.25) is 24.0 Å². The van der Waals surface area contributed by atoms with Gasteiger partial charge in [0.25, 0.3) is 5.91 Å². The maximum Gasteiger partial charge on any atom is 0.408 e. The molecule has 462 valence electrons. The quantitative estimate of drug-likeness (QED) is 0.0343. The Morgan fingerprint density at radius 2 is 1.24 bits per heavy atom. The second kappa shape index (κ2) is 26.5. The van der Waals surface area contributed by atoms with E-state index in [1.165, 1.54) is 52.0 Å².